The van der Waals surface area contributed by atoms with Crippen LogP contribution in [0.2, 0.25) is 0 Å². The summed E-state index contributed by atoms with van der Waals surface area (Å²) in [6.07, 6.45) is 0. The van der Waals surface area contributed by atoms with Crippen molar-refractivity contribution in [2.24, 2.45) is 5.73 Å². The van der Waals surface area contributed by atoms with Crippen molar-refractivity contribution in [2.75, 3.05) is 0 Å². The van der Waals surface area contributed by atoms with Gasteiger partial charge in [-0.1, -0.05) is 22.0 Å². The normalized spacial score (nSPS) is 12.2. The third kappa shape index (κ3) is 3.77. The summed E-state index contributed by atoms with van der Waals surface area (Å²) < 4.78 is 32.7. The Bertz CT molecular complexity index is 597. The van der Waals surface area contributed by atoms with E-state index in [1.807, 2.05) is 0 Å². The Kier molecular flexibility index (Phi) is 4.73. The van der Waals surface area contributed by atoms with Crippen LogP contribution in [0.4, 0.5) is 8.78 Å². The van der Waals surface area contributed by atoms with Gasteiger partial charge in [-0.3, -0.25) is 0 Å². The summed E-state index contributed by atoms with van der Waals surface area (Å²) in [6, 6.07) is 8.42. The summed E-state index contributed by atoms with van der Waals surface area (Å²) in [4.78, 5) is 0. The molecule has 5 heteroatoms. The highest BCUT2D eigenvalue weighted by Crippen LogP contribution is 2.26. The monoisotopic (exact) mass is 341 g/mol. The fourth-order valence-corrected chi connectivity index (χ4v) is 2.38. The van der Waals surface area contributed by atoms with E-state index in [0.717, 1.165) is 0 Å². The second-order valence-electron chi connectivity index (χ2n) is 4.54. The second-order valence-corrected chi connectivity index (χ2v) is 5.45. The molecule has 2 aromatic carbocycles. The molecule has 0 aliphatic heterocycles. The number of halogens is 3. The van der Waals surface area contributed by atoms with Crippen LogP contribution in [-0.2, 0) is 6.61 Å². The third-order valence-corrected chi connectivity index (χ3v) is 3.24. The molecule has 0 radical (unpaired) electrons. The lowest BCUT2D eigenvalue weighted by Gasteiger charge is -2.14. The van der Waals surface area contributed by atoms with E-state index in [4.69, 9.17) is 10.5 Å². The molecular formula is C15H14BrF2NO. The molecule has 0 heterocycles. The van der Waals surface area contributed by atoms with Crippen molar-refractivity contribution >= 4 is 15.9 Å². The first-order chi connectivity index (χ1) is 9.45. The fraction of sp³-hybridized carbons (Fsp3) is 0.200. The Balaban J connectivity index is 2.20. The average molecular weight is 342 g/mol. The maximum atomic E-state index is 13.3. The third-order valence-electron chi connectivity index (χ3n) is 2.78. The van der Waals surface area contributed by atoms with Gasteiger partial charge in [0, 0.05) is 22.1 Å². The quantitative estimate of drug-likeness (QED) is 0.898. The molecular weight excluding hydrogens is 328 g/mol. The summed E-state index contributed by atoms with van der Waals surface area (Å²) in [5.74, 6) is -0.380. The molecule has 2 nitrogen and oxygen atoms in total. The maximum absolute atomic E-state index is 13.3. The van der Waals surface area contributed by atoms with E-state index in [9.17, 15) is 8.78 Å². The smallest absolute Gasteiger partial charge is 0.127 e. The van der Waals surface area contributed by atoms with Crippen LogP contribution in [0, 0.1) is 11.6 Å². The molecule has 0 aliphatic rings. The highest BCUT2D eigenvalue weighted by Gasteiger charge is 2.10. The summed E-state index contributed by atoms with van der Waals surface area (Å²) in [6.45, 7) is 1.93. The molecule has 1 unspecified atom stereocenters. The van der Waals surface area contributed by atoms with Crippen LogP contribution in [0.25, 0.3) is 0 Å². The van der Waals surface area contributed by atoms with Crippen molar-refractivity contribution in [3.05, 3.63) is 63.6 Å². The predicted molar refractivity (Wildman–Crippen MR) is 77.4 cm³/mol. The first-order valence-corrected chi connectivity index (χ1v) is 6.88. The SMILES string of the molecule is CC(N)c1ccc(F)cc1OCc1cc(F)cc(Br)c1. The molecule has 0 aromatic heterocycles. The van der Waals surface area contributed by atoms with Gasteiger partial charge in [-0.25, -0.2) is 8.78 Å². The van der Waals surface area contributed by atoms with Crippen LogP contribution < -0.4 is 10.5 Å². The van der Waals surface area contributed by atoms with Crippen LogP contribution in [0.3, 0.4) is 0 Å². The van der Waals surface area contributed by atoms with Crippen LogP contribution in [0.1, 0.15) is 24.1 Å². The summed E-state index contributed by atoms with van der Waals surface area (Å²) >= 11 is 3.21. The minimum Gasteiger partial charge on any atom is -0.488 e. The van der Waals surface area contributed by atoms with Gasteiger partial charge in [0.15, 0.2) is 0 Å². The Morgan fingerprint density at radius 3 is 2.55 bits per heavy atom. The van der Waals surface area contributed by atoms with Gasteiger partial charge in [-0.15, -0.1) is 0 Å². The fourth-order valence-electron chi connectivity index (χ4n) is 1.86. The van der Waals surface area contributed by atoms with E-state index in [1.165, 1.54) is 24.3 Å². The summed E-state index contributed by atoms with van der Waals surface area (Å²) in [7, 11) is 0. The lowest BCUT2D eigenvalue weighted by Crippen LogP contribution is -2.08. The zero-order valence-electron chi connectivity index (χ0n) is 10.9. The topological polar surface area (TPSA) is 35.2 Å². The molecule has 2 N–H and O–H groups in total. The molecule has 106 valence electrons. The summed E-state index contributed by atoms with van der Waals surface area (Å²) in [5, 5.41) is 0. The van der Waals surface area contributed by atoms with Crippen LogP contribution >= 0.6 is 15.9 Å². The first-order valence-electron chi connectivity index (χ1n) is 6.08. The molecule has 0 aliphatic carbocycles. The molecule has 20 heavy (non-hydrogen) atoms. The Morgan fingerprint density at radius 2 is 1.90 bits per heavy atom. The molecule has 0 fully saturated rings. The van der Waals surface area contributed by atoms with Crippen molar-refractivity contribution in [3.63, 3.8) is 0 Å². The Labute approximate surface area is 124 Å². The van der Waals surface area contributed by atoms with Crippen molar-refractivity contribution in [2.45, 2.75) is 19.6 Å². The number of hydrogen-bond donors (Lipinski definition) is 1. The van der Waals surface area contributed by atoms with Crippen molar-refractivity contribution < 1.29 is 13.5 Å². The molecule has 2 rings (SSSR count). The van der Waals surface area contributed by atoms with E-state index in [0.29, 0.717) is 21.3 Å². The minimum atomic E-state index is -0.398. The van der Waals surface area contributed by atoms with Gasteiger partial charge in [-0.05, 0) is 36.8 Å². The largest absolute Gasteiger partial charge is 0.488 e. The molecule has 0 amide bonds. The molecule has 0 spiro atoms. The van der Waals surface area contributed by atoms with Gasteiger partial charge in [0.05, 0.1) is 0 Å². The van der Waals surface area contributed by atoms with Gasteiger partial charge >= 0.3 is 0 Å². The van der Waals surface area contributed by atoms with Gasteiger partial charge in [0.1, 0.15) is 24.0 Å². The van der Waals surface area contributed by atoms with Crippen LogP contribution in [-0.4, -0.2) is 0 Å². The van der Waals surface area contributed by atoms with E-state index in [-0.39, 0.29) is 18.5 Å². The van der Waals surface area contributed by atoms with Crippen molar-refractivity contribution in [1.82, 2.24) is 0 Å². The predicted octanol–water partition coefficient (Wildman–Crippen LogP) is 4.33. The average Bonchev–Trinajstić information content (AvgIpc) is 2.35. The minimum absolute atomic E-state index is 0.138. The Morgan fingerprint density at radius 1 is 1.15 bits per heavy atom. The van der Waals surface area contributed by atoms with Gasteiger partial charge in [-0.2, -0.15) is 0 Å². The lowest BCUT2D eigenvalue weighted by molar-refractivity contribution is 0.299. The van der Waals surface area contributed by atoms with E-state index >= 15 is 0 Å². The van der Waals surface area contributed by atoms with Crippen molar-refractivity contribution in [1.29, 1.82) is 0 Å². The molecule has 0 saturated heterocycles. The molecule has 1 atom stereocenters. The summed E-state index contributed by atoms with van der Waals surface area (Å²) in [5.41, 5.74) is 7.17. The zero-order chi connectivity index (χ0) is 14.7. The van der Waals surface area contributed by atoms with E-state index < -0.39 is 5.82 Å². The maximum Gasteiger partial charge on any atom is 0.127 e. The number of ether oxygens (including phenoxy) is 1. The molecule has 0 saturated carbocycles. The number of nitrogens with two attached hydrogens (primary N) is 1. The van der Waals surface area contributed by atoms with Crippen LogP contribution in [0.15, 0.2) is 40.9 Å². The van der Waals surface area contributed by atoms with Gasteiger partial charge in [0.2, 0.25) is 0 Å². The van der Waals surface area contributed by atoms with Crippen LogP contribution in [0.5, 0.6) is 5.75 Å². The second kappa shape index (κ2) is 6.33. The Hall–Kier alpha value is -1.46. The van der Waals surface area contributed by atoms with E-state index in [1.54, 1.807) is 19.1 Å². The number of hydrogen-bond acceptors (Lipinski definition) is 2. The standard InChI is InChI=1S/C15H14BrF2NO/c1-9(19)14-3-2-12(17)7-15(14)20-8-10-4-11(16)6-13(18)5-10/h2-7,9H,8,19H2,1H3. The van der Waals surface area contributed by atoms with Gasteiger partial charge < -0.3 is 10.5 Å². The van der Waals surface area contributed by atoms with Gasteiger partial charge in [0.25, 0.3) is 0 Å². The highest BCUT2D eigenvalue weighted by atomic mass is 79.9. The lowest BCUT2D eigenvalue weighted by atomic mass is 10.1. The zero-order valence-corrected chi connectivity index (χ0v) is 12.5. The van der Waals surface area contributed by atoms with E-state index in [2.05, 4.69) is 15.9 Å². The molecule has 2 aromatic rings. The first kappa shape index (κ1) is 14.9. The number of rotatable bonds is 4. The highest BCUT2D eigenvalue weighted by molar-refractivity contribution is 9.10. The molecule has 0 bridgehead atoms. The number of benzene rings is 2. The van der Waals surface area contributed by atoms with Crippen molar-refractivity contribution in [3.8, 4) is 5.75 Å².